The summed E-state index contributed by atoms with van der Waals surface area (Å²) in [7, 11) is 0. The molecule has 4 heteroatoms. The zero-order valence-electron chi connectivity index (χ0n) is 13.3. The number of fused-ring (bicyclic) bond motifs is 2. The molecule has 2 aliphatic rings. The number of rotatable bonds is 2. The molecule has 1 heterocycles. The molecule has 4 rings (SSSR count). The molecule has 24 heavy (non-hydrogen) atoms. The van der Waals surface area contributed by atoms with Gasteiger partial charge in [0.25, 0.3) is 0 Å². The molecule has 1 aliphatic carbocycles. The van der Waals surface area contributed by atoms with E-state index in [9.17, 15) is 5.11 Å². The molecule has 0 radical (unpaired) electrons. The summed E-state index contributed by atoms with van der Waals surface area (Å²) in [6.45, 7) is 0. The first-order valence-corrected chi connectivity index (χ1v) is 10.1. The van der Waals surface area contributed by atoms with Gasteiger partial charge in [0, 0.05) is 11.8 Å². The molecular formula is C20H20Br2O2. The van der Waals surface area contributed by atoms with Crippen LogP contribution in [-0.4, -0.2) is 11.2 Å². The third-order valence-corrected chi connectivity index (χ3v) is 6.68. The summed E-state index contributed by atoms with van der Waals surface area (Å²) in [4.78, 5) is 0. The standard InChI is InChI=1S/C20H20Br2O2/c21-16-8-2-4-12(18(16)23)10-13-5-1-6-14-11-15-7-3-9-17(22)20(15)24-19(13)14/h2-4,7-9,13-14,19,23H,1,5-6,10-11H2/t13-,14?,19?/m0/s1. The van der Waals surface area contributed by atoms with E-state index in [1.807, 2.05) is 18.2 Å². The van der Waals surface area contributed by atoms with Crippen molar-refractivity contribution in [3.63, 3.8) is 0 Å². The molecule has 0 spiro atoms. The van der Waals surface area contributed by atoms with E-state index in [-0.39, 0.29) is 6.10 Å². The Bertz CT molecular complexity index is 759. The van der Waals surface area contributed by atoms with Gasteiger partial charge in [-0.05, 0) is 80.8 Å². The highest BCUT2D eigenvalue weighted by Gasteiger charge is 2.39. The number of aromatic hydroxyl groups is 1. The maximum absolute atomic E-state index is 10.3. The number of benzene rings is 2. The summed E-state index contributed by atoms with van der Waals surface area (Å²) >= 11 is 7.06. The zero-order valence-corrected chi connectivity index (χ0v) is 16.5. The van der Waals surface area contributed by atoms with Crippen molar-refractivity contribution in [2.75, 3.05) is 0 Å². The van der Waals surface area contributed by atoms with Crippen LogP contribution < -0.4 is 4.74 Å². The number of phenols is 1. The van der Waals surface area contributed by atoms with Crippen LogP contribution >= 0.6 is 31.9 Å². The van der Waals surface area contributed by atoms with Crippen molar-refractivity contribution in [2.24, 2.45) is 11.8 Å². The lowest BCUT2D eigenvalue weighted by atomic mass is 9.72. The molecular weight excluding hydrogens is 432 g/mol. The number of hydrogen-bond donors (Lipinski definition) is 1. The van der Waals surface area contributed by atoms with Gasteiger partial charge in [-0.25, -0.2) is 0 Å². The lowest BCUT2D eigenvalue weighted by Gasteiger charge is -2.42. The van der Waals surface area contributed by atoms with Gasteiger partial charge in [0.1, 0.15) is 17.6 Å². The fourth-order valence-electron chi connectivity index (χ4n) is 4.26. The molecule has 0 aromatic heterocycles. The van der Waals surface area contributed by atoms with E-state index < -0.39 is 0 Å². The van der Waals surface area contributed by atoms with Crippen LogP contribution in [0.1, 0.15) is 30.4 Å². The minimum absolute atomic E-state index is 0.239. The topological polar surface area (TPSA) is 29.5 Å². The lowest BCUT2D eigenvalue weighted by molar-refractivity contribution is 0.0237. The smallest absolute Gasteiger partial charge is 0.137 e. The average molecular weight is 452 g/mol. The first-order valence-electron chi connectivity index (χ1n) is 8.54. The highest BCUT2D eigenvalue weighted by atomic mass is 79.9. The Hall–Kier alpha value is -1.00. The van der Waals surface area contributed by atoms with E-state index in [2.05, 4.69) is 50.1 Å². The Balaban J connectivity index is 1.61. The van der Waals surface area contributed by atoms with Crippen molar-refractivity contribution in [1.29, 1.82) is 0 Å². The lowest BCUT2D eigenvalue weighted by Crippen LogP contribution is -2.43. The number of para-hydroxylation sites is 2. The van der Waals surface area contributed by atoms with E-state index in [0.29, 0.717) is 17.6 Å². The molecule has 3 atom stereocenters. The number of hydrogen-bond acceptors (Lipinski definition) is 2. The van der Waals surface area contributed by atoms with Crippen molar-refractivity contribution in [3.8, 4) is 11.5 Å². The Kier molecular flexibility index (Phi) is 4.61. The summed E-state index contributed by atoms with van der Waals surface area (Å²) in [6.07, 6.45) is 5.84. The van der Waals surface area contributed by atoms with Crippen molar-refractivity contribution >= 4 is 31.9 Å². The second kappa shape index (κ2) is 6.72. The number of ether oxygens (including phenoxy) is 1. The molecule has 2 aromatic rings. The normalized spacial score (nSPS) is 25.5. The maximum atomic E-state index is 10.3. The molecule has 1 aliphatic heterocycles. The quantitative estimate of drug-likeness (QED) is 0.617. The Morgan fingerprint density at radius 1 is 1.04 bits per heavy atom. The highest BCUT2D eigenvalue weighted by molar-refractivity contribution is 9.10. The second-order valence-electron chi connectivity index (χ2n) is 6.92. The van der Waals surface area contributed by atoms with Crippen LogP contribution in [0.2, 0.25) is 0 Å². The zero-order chi connectivity index (χ0) is 16.7. The van der Waals surface area contributed by atoms with Crippen LogP contribution in [0.15, 0.2) is 45.3 Å². The van der Waals surface area contributed by atoms with Crippen LogP contribution in [0.4, 0.5) is 0 Å². The van der Waals surface area contributed by atoms with Crippen molar-refractivity contribution in [1.82, 2.24) is 0 Å². The third kappa shape index (κ3) is 2.99. The molecule has 0 bridgehead atoms. The van der Waals surface area contributed by atoms with Gasteiger partial charge >= 0.3 is 0 Å². The highest BCUT2D eigenvalue weighted by Crippen LogP contribution is 2.45. The molecule has 126 valence electrons. The van der Waals surface area contributed by atoms with Crippen LogP contribution in [0, 0.1) is 11.8 Å². The van der Waals surface area contributed by atoms with Gasteiger partial charge in [0.15, 0.2) is 0 Å². The average Bonchev–Trinajstić information content (AvgIpc) is 2.58. The summed E-state index contributed by atoms with van der Waals surface area (Å²) in [5.74, 6) is 2.42. The third-order valence-electron chi connectivity index (χ3n) is 5.42. The van der Waals surface area contributed by atoms with E-state index in [1.54, 1.807) is 0 Å². The molecule has 1 saturated carbocycles. The summed E-state index contributed by atoms with van der Waals surface area (Å²) in [5, 5.41) is 10.3. The molecule has 0 saturated heterocycles. The monoisotopic (exact) mass is 450 g/mol. The minimum Gasteiger partial charge on any atom is -0.506 e. The molecule has 2 nitrogen and oxygen atoms in total. The van der Waals surface area contributed by atoms with E-state index in [1.165, 1.54) is 18.4 Å². The van der Waals surface area contributed by atoms with E-state index >= 15 is 0 Å². The van der Waals surface area contributed by atoms with Crippen molar-refractivity contribution in [3.05, 3.63) is 56.5 Å². The summed E-state index contributed by atoms with van der Waals surface area (Å²) in [5.41, 5.74) is 2.33. The van der Waals surface area contributed by atoms with Gasteiger partial charge in [0.05, 0.1) is 8.95 Å². The molecule has 2 aromatic carbocycles. The Morgan fingerprint density at radius 2 is 1.83 bits per heavy atom. The first kappa shape index (κ1) is 16.5. The predicted molar refractivity (Wildman–Crippen MR) is 103 cm³/mol. The second-order valence-corrected chi connectivity index (χ2v) is 8.63. The molecule has 2 unspecified atom stereocenters. The van der Waals surface area contributed by atoms with E-state index in [0.717, 1.165) is 39.5 Å². The van der Waals surface area contributed by atoms with Gasteiger partial charge in [-0.2, -0.15) is 0 Å². The molecule has 1 N–H and O–H groups in total. The van der Waals surface area contributed by atoms with Gasteiger partial charge in [-0.1, -0.05) is 30.7 Å². The first-order chi connectivity index (χ1) is 11.6. The number of halogens is 2. The van der Waals surface area contributed by atoms with E-state index in [4.69, 9.17) is 4.74 Å². The van der Waals surface area contributed by atoms with Crippen molar-refractivity contribution in [2.45, 2.75) is 38.2 Å². The van der Waals surface area contributed by atoms with Crippen molar-refractivity contribution < 1.29 is 9.84 Å². The molecule has 0 amide bonds. The Labute approximate surface area is 159 Å². The van der Waals surface area contributed by atoms with Crippen LogP contribution in [0.25, 0.3) is 0 Å². The molecule has 1 fully saturated rings. The van der Waals surface area contributed by atoms with Gasteiger partial charge in [-0.3, -0.25) is 0 Å². The predicted octanol–water partition coefficient (Wildman–Crippen LogP) is 5.88. The van der Waals surface area contributed by atoms with Crippen LogP contribution in [0.3, 0.4) is 0 Å². The van der Waals surface area contributed by atoms with Gasteiger partial charge in [0.2, 0.25) is 0 Å². The van der Waals surface area contributed by atoms with Crippen LogP contribution in [0.5, 0.6) is 11.5 Å². The largest absolute Gasteiger partial charge is 0.506 e. The minimum atomic E-state index is 0.239. The van der Waals surface area contributed by atoms with Crippen LogP contribution in [-0.2, 0) is 12.8 Å². The fraction of sp³-hybridized carbons (Fsp3) is 0.400. The SMILES string of the molecule is Oc1c(Br)cccc1C[C@@H]1CCCC2Cc3cccc(Br)c3OC21. The fourth-order valence-corrected chi connectivity index (χ4v) is 5.16. The summed E-state index contributed by atoms with van der Waals surface area (Å²) < 4.78 is 8.30. The number of phenolic OH excluding ortho intramolecular Hbond substituents is 1. The van der Waals surface area contributed by atoms with Gasteiger partial charge < -0.3 is 9.84 Å². The maximum Gasteiger partial charge on any atom is 0.137 e. The van der Waals surface area contributed by atoms with Gasteiger partial charge in [-0.15, -0.1) is 0 Å². The summed E-state index contributed by atoms with van der Waals surface area (Å²) in [6, 6.07) is 12.2. The Morgan fingerprint density at radius 3 is 2.71 bits per heavy atom.